The molecule has 0 aromatic rings. The second kappa shape index (κ2) is 5.42. The first-order valence-corrected chi connectivity index (χ1v) is 6.66. The number of Topliss-reactive ketones (excluding diaryl/α,β-unsaturated/α-hetero) is 1. The number of ether oxygens (including phenoxy) is 2. The van der Waals surface area contributed by atoms with Gasteiger partial charge < -0.3 is 9.47 Å². The number of carbonyl (C=O) groups excluding carboxylic acids is 3. The highest BCUT2D eigenvalue weighted by Gasteiger charge is 2.44. The number of carbonyl (C=O) groups is 3. The Hall–Kier alpha value is -1.59. The highest BCUT2D eigenvalue weighted by Crippen LogP contribution is 2.21. The van der Waals surface area contributed by atoms with Gasteiger partial charge in [-0.3, -0.25) is 9.69 Å². The summed E-state index contributed by atoms with van der Waals surface area (Å²) in [6.45, 7) is 10.5. The number of ketones is 1. The summed E-state index contributed by atoms with van der Waals surface area (Å²) in [6.07, 6.45) is -0.525. The molecule has 0 N–H and O–H groups in total. The Morgan fingerprint density at radius 2 is 1.55 bits per heavy atom. The summed E-state index contributed by atoms with van der Waals surface area (Å²) >= 11 is 0. The predicted octanol–water partition coefficient (Wildman–Crippen LogP) is 1.91. The number of likely N-dealkylation sites (tertiary alicyclic amines) is 1. The van der Waals surface area contributed by atoms with Gasteiger partial charge in [0.2, 0.25) is 0 Å². The third kappa shape index (κ3) is 4.51. The van der Waals surface area contributed by atoms with E-state index in [9.17, 15) is 14.4 Å². The Morgan fingerprint density at radius 1 is 1.05 bits per heavy atom. The van der Waals surface area contributed by atoms with Crippen molar-refractivity contribution in [3.63, 3.8) is 0 Å². The third-order valence-corrected chi connectivity index (χ3v) is 2.47. The lowest BCUT2D eigenvalue weighted by molar-refractivity contribution is -0.161. The smallest absolute Gasteiger partial charge is 0.411 e. The van der Waals surface area contributed by atoms with Crippen molar-refractivity contribution in [1.82, 2.24) is 4.90 Å². The summed E-state index contributed by atoms with van der Waals surface area (Å²) in [5.41, 5.74) is -1.39. The number of nitrogens with zero attached hydrogens (tertiary/aromatic N) is 1. The van der Waals surface area contributed by atoms with Crippen LogP contribution in [0.25, 0.3) is 0 Å². The average molecular weight is 285 g/mol. The Morgan fingerprint density at radius 3 is 2.00 bits per heavy atom. The van der Waals surface area contributed by atoms with E-state index in [0.717, 1.165) is 4.90 Å². The van der Waals surface area contributed by atoms with Crippen molar-refractivity contribution in [3.05, 3.63) is 0 Å². The molecule has 1 fully saturated rings. The maximum Gasteiger partial charge on any atom is 0.411 e. The molecule has 1 heterocycles. The molecule has 1 saturated heterocycles. The predicted molar refractivity (Wildman–Crippen MR) is 72.2 cm³/mol. The molecule has 1 aliphatic rings. The quantitative estimate of drug-likeness (QED) is 0.543. The minimum atomic E-state index is -1.19. The fraction of sp³-hybridized carbons (Fsp3) is 0.786. The van der Waals surface area contributed by atoms with Gasteiger partial charge in [0.1, 0.15) is 11.2 Å². The van der Waals surface area contributed by atoms with Crippen LogP contribution in [0.15, 0.2) is 0 Å². The van der Waals surface area contributed by atoms with E-state index in [1.165, 1.54) is 0 Å². The fourth-order valence-electron chi connectivity index (χ4n) is 1.80. The van der Waals surface area contributed by atoms with Crippen molar-refractivity contribution in [3.8, 4) is 0 Å². The lowest BCUT2D eigenvalue weighted by atomic mass is 10.1. The summed E-state index contributed by atoms with van der Waals surface area (Å²) in [4.78, 5) is 37.1. The summed E-state index contributed by atoms with van der Waals surface area (Å²) < 4.78 is 10.4. The molecule has 0 bridgehead atoms. The van der Waals surface area contributed by atoms with Crippen LogP contribution in [-0.4, -0.2) is 46.5 Å². The second-order valence-corrected chi connectivity index (χ2v) is 6.83. The lowest BCUT2D eigenvalue weighted by Crippen LogP contribution is -2.48. The molecule has 6 nitrogen and oxygen atoms in total. The van der Waals surface area contributed by atoms with Gasteiger partial charge in [-0.05, 0) is 41.5 Å². The summed E-state index contributed by atoms with van der Waals surface area (Å²) in [7, 11) is 0. The molecule has 0 aromatic heterocycles. The summed E-state index contributed by atoms with van der Waals surface area (Å²) in [5.74, 6) is -1.02. The van der Waals surface area contributed by atoms with Crippen LogP contribution in [0.3, 0.4) is 0 Å². The van der Waals surface area contributed by atoms with Gasteiger partial charge in [-0.25, -0.2) is 9.59 Å². The van der Waals surface area contributed by atoms with Gasteiger partial charge in [0.05, 0.1) is 0 Å². The van der Waals surface area contributed by atoms with Gasteiger partial charge in [0, 0.05) is 13.0 Å². The normalized spacial score (nSPS) is 20.0. The van der Waals surface area contributed by atoms with Crippen molar-refractivity contribution in [2.24, 2.45) is 0 Å². The maximum atomic E-state index is 12.1. The second-order valence-electron chi connectivity index (χ2n) is 6.83. The summed E-state index contributed by atoms with van der Waals surface area (Å²) in [5, 5.41) is 0. The van der Waals surface area contributed by atoms with E-state index in [2.05, 4.69) is 0 Å². The van der Waals surface area contributed by atoms with E-state index in [0.29, 0.717) is 0 Å². The zero-order chi connectivity index (χ0) is 15.7. The van der Waals surface area contributed by atoms with Gasteiger partial charge in [-0.2, -0.15) is 0 Å². The molecule has 0 aromatic carbocycles. The van der Waals surface area contributed by atoms with Crippen LogP contribution in [0, 0.1) is 0 Å². The van der Waals surface area contributed by atoms with Crippen LogP contribution in [-0.2, 0) is 19.1 Å². The third-order valence-electron chi connectivity index (χ3n) is 2.47. The molecule has 0 aliphatic carbocycles. The first-order chi connectivity index (χ1) is 8.91. The number of hydrogen-bond acceptors (Lipinski definition) is 5. The molecule has 20 heavy (non-hydrogen) atoms. The lowest BCUT2D eigenvalue weighted by Gasteiger charge is -2.28. The van der Waals surface area contributed by atoms with Crippen molar-refractivity contribution in [1.29, 1.82) is 0 Å². The maximum absolute atomic E-state index is 12.1. The Bertz CT molecular complexity index is 416. The zero-order valence-corrected chi connectivity index (χ0v) is 13.0. The van der Waals surface area contributed by atoms with Crippen molar-refractivity contribution < 1.29 is 23.9 Å². The van der Waals surface area contributed by atoms with Gasteiger partial charge in [0.15, 0.2) is 11.8 Å². The molecular weight excluding hydrogens is 262 g/mol. The topological polar surface area (TPSA) is 72.9 Å². The van der Waals surface area contributed by atoms with Crippen molar-refractivity contribution in [2.75, 3.05) is 6.54 Å². The van der Waals surface area contributed by atoms with Crippen LogP contribution in [0.4, 0.5) is 4.79 Å². The molecule has 6 heteroatoms. The van der Waals surface area contributed by atoms with E-state index >= 15 is 0 Å². The van der Waals surface area contributed by atoms with Gasteiger partial charge in [-0.1, -0.05) is 0 Å². The first-order valence-electron chi connectivity index (χ1n) is 6.66. The zero-order valence-electron chi connectivity index (χ0n) is 13.0. The van der Waals surface area contributed by atoms with Crippen LogP contribution >= 0.6 is 0 Å². The van der Waals surface area contributed by atoms with Crippen molar-refractivity contribution >= 4 is 17.8 Å². The van der Waals surface area contributed by atoms with Crippen LogP contribution < -0.4 is 0 Å². The molecule has 1 amide bonds. The first kappa shape index (κ1) is 16.5. The fourth-order valence-corrected chi connectivity index (χ4v) is 1.80. The molecular formula is C14H23NO5. The van der Waals surface area contributed by atoms with Gasteiger partial charge in [-0.15, -0.1) is 0 Å². The Balaban J connectivity index is 2.84. The molecule has 0 saturated carbocycles. The van der Waals surface area contributed by atoms with Crippen molar-refractivity contribution in [2.45, 2.75) is 65.2 Å². The molecule has 0 spiro atoms. The van der Waals surface area contributed by atoms with Crippen LogP contribution in [0.2, 0.25) is 0 Å². The average Bonchev–Trinajstić information content (AvgIpc) is 2.54. The SMILES string of the molecule is CC(C)(C)OC(=O)[C@@H]1C(=O)CCN1C(=O)OC(C)(C)C. The molecule has 1 aliphatic heterocycles. The number of hydrogen-bond donors (Lipinski definition) is 0. The van der Waals surface area contributed by atoms with E-state index < -0.39 is 29.3 Å². The number of esters is 1. The Kier molecular flexibility index (Phi) is 4.46. The molecule has 0 unspecified atom stereocenters. The highest BCUT2D eigenvalue weighted by molar-refractivity contribution is 6.07. The van der Waals surface area contributed by atoms with E-state index in [1.54, 1.807) is 41.5 Å². The van der Waals surface area contributed by atoms with E-state index in [1.807, 2.05) is 0 Å². The standard InChI is InChI=1S/C14H23NO5/c1-13(2,3)19-11(17)10-9(16)7-8-15(10)12(18)20-14(4,5)6/h10H,7-8H2,1-6H3/t10-/m0/s1. The van der Waals surface area contributed by atoms with Gasteiger partial charge >= 0.3 is 12.1 Å². The number of rotatable bonds is 1. The Labute approximate surface area is 119 Å². The van der Waals surface area contributed by atoms with Crippen LogP contribution in [0.5, 0.6) is 0 Å². The molecule has 1 rings (SSSR count). The largest absolute Gasteiger partial charge is 0.458 e. The highest BCUT2D eigenvalue weighted by atomic mass is 16.6. The van der Waals surface area contributed by atoms with Crippen LogP contribution in [0.1, 0.15) is 48.0 Å². The molecule has 114 valence electrons. The van der Waals surface area contributed by atoms with Gasteiger partial charge in [0.25, 0.3) is 0 Å². The summed E-state index contributed by atoms with van der Waals surface area (Å²) in [6, 6.07) is -1.19. The van der Waals surface area contributed by atoms with E-state index in [4.69, 9.17) is 9.47 Å². The number of amides is 1. The molecule has 0 radical (unpaired) electrons. The van der Waals surface area contributed by atoms with E-state index in [-0.39, 0.29) is 18.7 Å². The minimum Gasteiger partial charge on any atom is -0.458 e. The monoisotopic (exact) mass is 285 g/mol. The molecule has 1 atom stereocenters. The minimum absolute atomic E-state index is 0.142.